The van der Waals surface area contributed by atoms with Crippen LogP contribution < -0.4 is 15.1 Å². The van der Waals surface area contributed by atoms with Crippen LogP contribution in [0.15, 0.2) is 66.4 Å². The Hall–Kier alpha value is -3.57. The third-order valence-electron chi connectivity index (χ3n) is 5.93. The summed E-state index contributed by atoms with van der Waals surface area (Å²) >= 11 is 6.11. The van der Waals surface area contributed by atoms with Crippen LogP contribution in [0.25, 0.3) is 5.57 Å². The zero-order valence-corrected chi connectivity index (χ0v) is 20.1. The van der Waals surface area contributed by atoms with Crippen molar-refractivity contribution < 1.29 is 9.59 Å². The lowest BCUT2D eigenvalue weighted by Crippen LogP contribution is -2.33. The Morgan fingerprint density at radius 2 is 1.48 bits per heavy atom. The maximum absolute atomic E-state index is 13.7. The minimum atomic E-state index is -0.393. The Morgan fingerprint density at radius 1 is 0.788 bits per heavy atom. The molecule has 0 bridgehead atoms. The molecule has 0 saturated carbocycles. The molecule has 5 nitrogen and oxygen atoms in total. The summed E-state index contributed by atoms with van der Waals surface area (Å²) < 4.78 is 0. The van der Waals surface area contributed by atoms with E-state index in [9.17, 15) is 9.59 Å². The number of hydrogen-bond acceptors (Lipinski definition) is 4. The molecule has 4 rings (SSSR count). The van der Waals surface area contributed by atoms with Crippen molar-refractivity contribution in [3.8, 4) is 0 Å². The topological polar surface area (TPSA) is 52.7 Å². The monoisotopic (exact) mass is 459 g/mol. The van der Waals surface area contributed by atoms with Crippen LogP contribution in [-0.2, 0) is 9.59 Å². The summed E-state index contributed by atoms with van der Waals surface area (Å²) in [5, 5.41) is 3.78. The van der Waals surface area contributed by atoms with Crippen LogP contribution in [0.2, 0.25) is 5.02 Å². The number of benzene rings is 3. The van der Waals surface area contributed by atoms with E-state index in [2.05, 4.69) is 5.32 Å². The highest BCUT2D eigenvalue weighted by Crippen LogP contribution is 2.36. The molecule has 1 aliphatic heterocycles. The molecular formula is C27H26ClN3O2. The van der Waals surface area contributed by atoms with Crippen LogP contribution in [0.3, 0.4) is 0 Å². The molecule has 2 amide bonds. The third kappa shape index (κ3) is 4.24. The highest BCUT2D eigenvalue weighted by molar-refractivity contribution is 6.46. The molecule has 3 aromatic carbocycles. The van der Waals surface area contributed by atoms with Crippen LogP contribution in [-0.4, -0.2) is 25.9 Å². The minimum absolute atomic E-state index is 0.259. The summed E-state index contributed by atoms with van der Waals surface area (Å²) in [7, 11) is 3.93. The Labute approximate surface area is 199 Å². The second-order valence-corrected chi connectivity index (χ2v) is 8.93. The number of hydrogen-bond donors (Lipinski definition) is 1. The highest BCUT2D eigenvalue weighted by atomic mass is 35.5. The summed E-state index contributed by atoms with van der Waals surface area (Å²) in [6.07, 6.45) is 0. The predicted octanol–water partition coefficient (Wildman–Crippen LogP) is 5.73. The van der Waals surface area contributed by atoms with Crippen LogP contribution in [0.4, 0.5) is 17.1 Å². The van der Waals surface area contributed by atoms with E-state index >= 15 is 0 Å². The van der Waals surface area contributed by atoms with Crippen molar-refractivity contribution in [2.75, 3.05) is 29.2 Å². The van der Waals surface area contributed by atoms with Gasteiger partial charge in [0, 0.05) is 30.5 Å². The van der Waals surface area contributed by atoms with Gasteiger partial charge in [-0.1, -0.05) is 29.8 Å². The Morgan fingerprint density at radius 3 is 2.09 bits per heavy atom. The molecule has 0 unspecified atom stereocenters. The maximum Gasteiger partial charge on any atom is 0.282 e. The fourth-order valence-electron chi connectivity index (χ4n) is 3.89. The van der Waals surface area contributed by atoms with Gasteiger partial charge in [-0.15, -0.1) is 0 Å². The summed E-state index contributed by atoms with van der Waals surface area (Å²) in [6.45, 7) is 5.85. The lowest BCUT2D eigenvalue weighted by atomic mass is 9.99. The van der Waals surface area contributed by atoms with E-state index in [4.69, 9.17) is 11.6 Å². The number of nitrogens with one attached hydrogen (secondary N) is 1. The van der Waals surface area contributed by atoms with Gasteiger partial charge in [0.25, 0.3) is 11.8 Å². The normalized spacial score (nSPS) is 13.7. The quantitative estimate of drug-likeness (QED) is 0.495. The van der Waals surface area contributed by atoms with Crippen molar-refractivity contribution in [2.24, 2.45) is 0 Å². The summed E-state index contributed by atoms with van der Waals surface area (Å²) in [5.74, 6) is -0.753. The van der Waals surface area contributed by atoms with Gasteiger partial charge in [-0.25, -0.2) is 4.90 Å². The van der Waals surface area contributed by atoms with Crippen molar-refractivity contribution in [2.45, 2.75) is 20.8 Å². The predicted molar refractivity (Wildman–Crippen MR) is 136 cm³/mol. The lowest BCUT2D eigenvalue weighted by molar-refractivity contribution is -0.120. The van der Waals surface area contributed by atoms with Crippen LogP contribution in [0, 0.1) is 20.8 Å². The molecule has 33 heavy (non-hydrogen) atoms. The van der Waals surface area contributed by atoms with Crippen molar-refractivity contribution in [1.29, 1.82) is 0 Å². The van der Waals surface area contributed by atoms with E-state index in [1.165, 1.54) is 4.90 Å². The molecule has 3 aromatic rings. The summed E-state index contributed by atoms with van der Waals surface area (Å²) in [5.41, 5.74) is 6.54. The molecule has 0 spiro atoms. The summed E-state index contributed by atoms with van der Waals surface area (Å²) in [6, 6.07) is 18.7. The Balaban J connectivity index is 1.82. The third-order valence-corrected chi connectivity index (χ3v) is 6.17. The van der Waals surface area contributed by atoms with Crippen molar-refractivity contribution in [3.05, 3.63) is 93.6 Å². The van der Waals surface area contributed by atoms with E-state index in [1.54, 1.807) is 18.2 Å². The molecule has 0 aliphatic carbocycles. The van der Waals surface area contributed by atoms with Crippen molar-refractivity contribution in [3.63, 3.8) is 0 Å². The second-order valence-electron chi connectivity index (χ2n) is 8.49. The number of anilines is 3. The molecule has 0 radical (unpaired) electrons. The number of rotatable bonds is 5. The first kappa shape index (κ1) is 22.6. The number of halogens is 1. The number of amides is 2. The molecule has 0 fully saturated rings. The van der Waals surface area contributed by atoms with Gasteiger partial charge in [0.1, 0.15) is 5.70 Å². The van der Waals surface area contributed by atoms with Gasteiger partial charge < -0.3 is 10.2 Å². The molecule has 0 atom stereocenters. The molecule has 6 heteroatoms. The fourth-order valence-corrected chi connectivity index (χ4v) is 4.11. The maximum atomic E-state index is 13.7. The zero-order valence-electron chi connectivity index (χ0n) is 19.4. The molecule has 1 heterocycles. The first-order chi connectivity index (χ1) is 15.7. The molecule has 1 N–H and O–H groups in total. The Kier molecular flexibility index (Phi) is 6.00. The summed E-state index contributed by atoms with van der Waals surface area (Å²) in [4.78, 5) is 30.5. The van der Waals surface area contributed by atoms with Gasteiger partial charge in [0.15, 0.2) is 0 Å². The highest BCUT2D eigenvalue weighted by Gasteiger charge is 2.41. The first-order valence-electron chi connectivity index (χ1n) is 10.7. The zero-order chi connectivity index (χ0) is 23.9. The average Bonchev–Trinajstić information content (AvgIpc) is 3.00. The number of imide groups is 1. The smallest absolute Gasteiger partial charge is 0.282 e. The van der Waals surface area contributed by atoms with Gasteiger partial charge in [-0.3, -0.25) is 9.59 Å². The molecule has 168 valence electrons. The number of nitrogens with zero attached hydrogens (tertiary/aromatic N) is 2. The second kappa shape index (κ2) is 8.75. The van der Waals surface area contributed by atoms with Gasteiger partial charge >= 0.3 is 0 Å². The first-order valence-corrected chi connectivity index (χ1v) is 11.1. The number of carbonyl (C=O) groups excluding carboxylic acids is 2. The van der Waals surface area contributed by atoms with Gasteiger partial charge in [-0.2, -0.15) is 0 Å². The number of aryl methyl sites for hydroxylation is 3. The molecular weight excluding hydrogens is 434 g/mol. The van der Waals surface area contributed by atoms with Gasteiger partial charge in [0.05, 0.1) is 11.3 Å². The van der Waals surface area contributed by atoms with Gasteiger partial charge in [-0.05, 0) is 85.5 Å². The standard InChI is InChI=1S/C27H26ClN3O2/c1-16-6-7-19(14-17(16)2)24-25(29-21-9-11-22(12-10-21)30(4)5)27(33)31(26(24)32)23-13-8-20(28)15-18(23)3/h6-15,29H,1-5H3. The molecule has 0 saturated heterocycles. The fraction of sp³-hybridized carbons (Fsp3) is 0.185. The van der Waals surface area contributed by atoms with E-state index < -0.39 is 5.91 Å². The molecule has 1 aliphatic rings. The SMILES string of the molecule is Cc1ccc(C2=C(Nc3ccc(N(C)C)cc3)C(=O)N(c3ccc(Cl)cc3C)C2=O)cc1C. The van der Waals surface area contributed by atoms with Crippen molar-refractivity contribution in [1.82, 2.24) is 0 Å². The van der Waals surface area contributed by atoms with Crippen LogP contribution >= 0.6 is 11.6 Å². The lowest BCUT2D eigenvalue weighted by Gasteiger charge is -2.18. The van der Waals surface area contributed by atoms with Gasteiger partial charge in [0.2, 0.25) is 0 Å². The minimum Gasteiger partial charge on any atom is -0.378 e. The number of carbonyl (C=O) groups is 2. The van der Waals surface area contributed by atoms with Crippen LogP contribution in [0.1, 0.15) is 22.3 Å². The van der Waals surface area contributed by atoms with E-state index in [0.29, 0.717) is 21.8 Å². The van der Waals surface area contributed by atoms with Crippen molar-refractivity contribution >= 4 is 46.1 Å². The van der Waals surface area contributed by atoms with E-state index in [1.807, 2.05) is 82.2 Å². The van der Waals surface area contributed by atoms with E-state index in [0.717, 1.165) is 28.1 Å². The largest absolute Gasteiger partial charge is 0.378 e. The molecule has 0 aromatic heterocycles. The van der Waals surface area contributed by atoms with Crippen LogP contribution in [0.5, 0.6) is 0 Å². The average molecular weight is 460 g/mol. The van der Waals surface area contributed by atoms with E-state index in [-0.39, 0.29) is 11.6 Å². The Bertz CT molecular complexity index is 1290.